The van der Waals surface area contributed by atoms with Crippen molar-refractivity contribution in [3.63, 3.8) is 0 Å². The second-order valence-electron chi connectivity index (χ2n) is 4.24. The van der Waals surface area contributed by atoms with Gasteiger partial charge in [0.1, 0.15) is 5.69 Å². The summed E-state index contributed by atoms with van der Waals surface area (Å²) in [5.41, 5.74) is 0.671. The molecular weight excluding hydrogens is 315 g/mol. The lowest BCUT2D eigenvalue weighted by Gasteiger charge is -2.10. The summed E-state index contributed by atoms with van der Waals surface area (Å²) in [5.74, 6) is -1.91. The van der Waals surface area contributed by atoms with Crippen molar-refractivity contribution in [2.24, 2.45) is 0 Å². The summed E-state index contributed by atoms with van der Waals surface area (Å²) in [6.45, 7) is 1.78. The molecule has 0 aliphatic rings. The maximum Gasteiger partial charge on any atom is 0.338 e. The Bertz CT molecular complexity index is 732. The SMILES string of the molecule is Cc1cc(Cl)c(NC(=O)c2ncccc2C(=O)O)cc1Cl. The zero-order valence-corrected chi connectivity index (χ0v) is 12.4. The summed E-state index contributed by atoms with van der Waals surface area (Å²) in [7, 11) is 0. The van der Waals surface area contributed by atoms with Gasteiger partial charge in [-0.3, -0.25) is 9.78 Å². The van der Waals surface area contributed by atoms with Crippen LogP contribution in [0.1, 0.15) is 26.4 Å². The lowest BCUT2D eigenvalue weighted by molar-refractivity contribution is 0.0691. The molecule has 1 aromatic carbocycles. The maximum absolute atomic E-state index is 12.1. The lowest BCUT2D eigenvalue weighted by atomic mass is 10.1. The Morgan fingerprint density at radius 2 is 1.95 bits per heavy atom. The number of carbonyl (C=O) groups is 2. The third-order valence-electron chi connectivity index (χ3n) is 2.75. The van der Waals surface area contributed by atoms with Crippen molar-refractivity contribution in [1.82, 2.24) is 4.98 Å². The van der Waals surface area contributed by atoms with E-state index in [4.69, 9.17) is 28.3 Å². The van der Waals surface area contributed by atoms with Crippen LogP contribution in [0.3, 0.4) is 0 Å². The van der Waals surface area contributed by atoms with Crippen LogP contribution < -0.4 is 5.32 Å². The number of hydrogen-bond acceptors (Lipinski definition) is 3. The molecule has 0 radical (unpaired) electrons. The molecule has 0 saturated heterocycles. The number of carboxylic acid groups (broad SMARTS) is 1. The molecule has 5 nitrogen and oxygen atoms in total. The van der Waals surface area contributed by atoms with Gasteiger partial charge in [0, 0.05) is 11.2 Å². The average Bonchev–Trinajstić information content (AvgIpc) is 2.44. The highest BCUT2D eigenvalue weighted by molar-refractivity contribution is 6.36. The van der Waals surface area contributed by atoms with Gasteiger partial charge in [-0.15, -0.1) is 0 Å². The Morgan fingerprint density at radius 3 is 2.62 bits per heavy atom. The fraction of sp³-hybridized carbons (Fsp3) is 0.0714. The quantitative estimate of drug-likeness (QED) is 0.903. The van der Waals surface area contributed by atoms with Crippen molar-refractivity contribution in [3.8, 4) is 0 Å². The summed E-state index contributed by atoms with van der Waals surface area (Å²) in [6.07, 6.45) is 1.34. The van der Waals surface area contributed by atoms with Crippen LogP contribution in [0.2, 0.25) is 10.0 Å². The monoisotopic (exact) mass is 324 g/mol. The molecule has 0 atom stereocenters. The molecule has 7 heteroatoms. The Labute approximate surface area is 130 Å². The number of halogens is 2. The van der Waals surface area contributed by atoms with Gasteiger partial charge in [0.05, 0.1) is 16.3 Å². The van der Waals surface area contributed by atoms with Crippen molar-refractivity contribution in [1.29, 1.82) is 0 Å². The molecule has 1 aromatic heterocycles. The number of carboxylic acids is 1. The van der Waals surface area contributed by atoms with Crippen LogP contribution in [-0.2, 0) is 0 Å². The van der Waals surface area contributed by atoms with Crippen LogP contribution in [0.4, 0.5) is 5.69 Å². The first-order valence-corrected chi connectivity index (χ1v) is 6.61. The third-order valence-corrected chi connectivity index (χ3v) is 3.47. The van der Waals surface area contributed by atoms with Gasteiger partial charge in [0.15, 0.2) is 0 Å². The van der Waals surface area contributed by atoms with Gasteiger partial charge in [0.2, 0.25) is 0 Å². The molecule has 21 heavy (non-hydrogen) atoms. The number of nitrogens with zero attached hydrogens (tertiary/aromatic N) is 1. The van der Waals surface area contributed by atoms with Crippen LogP contribution in [0.25, 0.3) is 0 Å². The Kier molecular flexibility index (Phi) is 4.45. The van der Waals surface area contributed by atoms with Crippen LogP contribution in [0.5, 0.6) is 0 Å². The summed E-state index contributed by atoms with van der Waals surface area (Å²) >= 11 is 12.0. The molecule has 2 rings (SSSR count). The van der Waals surface area contributed by atoms with Crippen molar-refractivity contribution in [2.75, 3.05) is 5.32 Å². The van der Waals surface area contributed by atoms with E-state index in [-0.39, 0.29) is 11.3 Å². The van der Waals surface area contributed by atoms with E-state index >= 15 is 0 Å². The number of benzene rings is 1. The number of pyridine rings is 1. The standard InChI is InChI=1S/C14H10Cl2N2O3/c1-7-5-10(16)11(6-9(7)15)18-13(19)12-8(14(20)21)3-2-4-17-12/h2-6H,1H3,(H,18,19)(H,20,21). The fourth-order valence-corrected chi connectivity index (χ4v) is 2.11. The number of rotatable bonds is 3. The molecule has 2 N–H and O–H groups in total. The van der Waals surface area contributed by atoms with Gasteiger partial charge in [-0.2, -0.15) is 0 Å². The predicted octanol–water partition coefficient (Wildman–Crippen LogP) is 3.65. The highest BCUT2D eigenvalue weighted by Crippen LogP contribution is 2.29. The van der Waals surface area contributed by atoms with Crippen LogP contribution in [0.15, 0.2) is 30.5 Å². The molecule has 0 fully saturated rings. The number of hydrogen-bond donors (Lipinski definition) is 2. The molecule has 0 unspecified atom stereocenters. The summed E-state index contributed by atoms with van der Waals surface area (Å²) in [6, 6.07) is 5.85. The Morgan fingerprint density at radius 1 is 1.24 bits per heavy atom. The molecule has 1 amide bonds. The fourth-order valence-electron chi connectivity index (χ4n) is 1.68. The molecule has 0 spiro atoms. The van der Waals surface area contributed by atoms with E-state index in [0.29, 0.717) is 15.7 Å². The van der Waals surface area contributed by atoms with E-state index in [2.05, 4.69) is 10.3 Å². The number of nitrogens with one attached hydrogen (secondary N) is 1. The van der Waals surface area contributed by atoms with Crippen molar-refractivity contribution in [3.05, 3.63) is 57.3 Å². The predicted molar refractivity (Wildman–Crippen MR) is 80.3 cm³/mol. The first kappa shape index (κ1) is 15.3. The van der Waals surface area contributed by atoms with Gasteiger partial charge in [-0.25, -0.2) is 4.79 Å². The summed E-state index contributed by atoms with van der Waals surface area (Å²) in [4.78, 5) is 27.0. The largest absolute Gasteiger partial charge is 0.478 e. The molecule has 0 aliphatic heterocycles. The van der Waals surface area contributed by atoms with Gasteiger partial charge in [0.25, 0.3) is 5.91 Å². The number of anilines is 1. The zero-order chi connectivity index (χ0) is 15.6. The van der Waals surface area contributed by atoms with Crippen molar-refractivity contribution >= 4 is 40.8 Å². The minimum absolute atomic E-state index is 0.190. The smallest absolute Gasteiger partial charge is 0.338 e. The van der Waals surface area contributed by atoms with E-state index in [1.807, 2.05) is 0 Å². The first-order chi connectivity index (χ1) is 9.90. The second-order valence-corrected chi connectivity index (χ2v) is 5.05. The highest BCUT2D eigenvalue weighted by Gasteiger charge is 2.18. The van der Waals surface area contributed by atoms with E-state index in [0.717, 1.165) is 5.56 Å². The number of carbonyl (C=O) groups excluding carboxylic acids is 1. The average molecular weight is 325 g/mol. The van der Waals surface area contributed by atoms with Crippen LogP contribution in [0, 0.1) is 6.92 Å². The molecular formula is C14H10Cl2N2O3. The molecule has 0 bridgehead atoms. The maximum atomic E-state index is 12.1. The number of aryl methyl sites for hydroxylation is 1. The topological polar surface area (TPSA) is 79.3 Å². The lowest BCUT2D eigenvalue weighted by Crippen LogP contribution is -2.18. The third kappa shape index (κ3) is 3.32. The van der Waals surface area contributed by atoms with Gasteiger partial charge in [-0.1, -0.05) is 23.2 Å². The second kappa shape index (κ2) is 6.11. The normalized spacial score (nSPS) is 10.2. The van der Waals surface area contributed by atoms with Crippen LogP contribution in [-0.4, -0.2) is 22.0 Å². The molecule has 108 valence electrons. The molecule has 0 saturated carbocycles. The number of aromatic nitrogens is 1. The van der Waals surface area contributed by atoms with Gasteiger partial charge in [-0.05, 0) is 36.8 Å². The van der Waals surface area contributed by atoms with Gasteiger partial charge < -0.3 is 10.4 Å². The van der Waals surface area contributed by atoms with E-state index in [9.17, 15) is 9.59 Å². The van der Waals surface area contributed by atoms with Crippen molar-refractivity contribution < 1.29 is 14.7 Å². The summed E-state index contributed by atoms with van der Waals surface area (Å²) in [5, 5.41) is 12.3. The molecule has 2 aromatic rings. The van der Waals surface area contributed by atoms with Crippen LogP contribution >= 0.6 is 23.2 Å². The first-order valence-electron chi connectivity index (χ1n) is 5.85. The van der Waals surface area contributed by atoms with E-state index in [1.54, 1.807) is 13.0 Å². The minimum Gasteiger partial charge on any atom is -0.478 e. The van der Waals surface area contributed by atoms with Crippen molar-refractivity contribution in [2.45, 2.75) is 6.92 Å². The summed E-state index contributed by atoms with van der Waals surface area (Å²) < 4.78 is 0. The minimum atomic E-state index is -1.23. The number of aromatic carboxylic acids is 1. The van der Waals surface area contributed by atoms with E-state index < -0.39 is 11.9 Å². The highest BCUT2D eigenvalue weighted by atomic mass is 35.5. The zero-order valence-electron chi connectivity index (χ0n) is 10.9. The molecule has 0 aliphatic carbocycles. The molecule has 1 heterocycles. The number of amides is 1. The Balaban J connectivity index is 2.35. The van der Waals surface area contributed by atoms with E-state index in [1.165, 1.54) is 24.4 Å². The van der Waals surface area contributed by atoms with Gasteiger partial charge >= 0.3 is 5.97 Å². The Hall–Kier alpha value is -2.11.